The monoisotopic (exact) mass is 228 g/mol. The van der Waals surface area contributed by atoms with E-state index >= 15 is 0 Å². The molecule has 0 aromatic carbocycles. The van der Waals surface area contributed by atoms with E-state index in [0.717, 1.165) is 19.5 Å². The van der Waals surface area contributed by atoms with Crippen molar-refractivity contribution in [1.29, 1.82) is 0 Å². The predicted octanol–water partition coefficient (Wildman–Crippen LogP) is 1.86. The molecule has 0 bridgehead atoms. The van der Waals surface area contributed by atoms with Crippen LogP contribution in [0.3, 0.4) is 0 Å². The number of ether oxygens (including phenoxy) is 1. The molecule has 1 rings (SSSR count). The normalized spacial score (nSPS) is 29.6. The third-order valence-corrected chi connectivity index (χ3v) is 3.56. The zero-order chi connectivity index (χ0) is 12.6. The molecule has 0 spiro atoms. The second-order valence-electron chi connectivity index (χ2n) is 6.47. The van der Waals surface area contributed by atoms with Crippen molar-refractivity contribution in [2.24, 2.45) is 11.7 Å². The van der Waals surface area contributed by atoms with E-state index in [2.05, 4.69) is 46.6 Å². The number of nitrogens with two attached hydrogens (primary N) is 1. The molecular formula is C13H28N2O. The summed E-state index contributed by atoms with van der Waals surface area (Å²) in [5, 5.41) is 0. The molecule has 1 heterocycles. The van der Waals surface area contributed by atoms with Gasteiger partial charge in [-0.05, 0) is 53.6 Å². The fraction of sp³-hybridized carbons (Fsp3) is 1.00. The summed E-state index contributed by atoms with van der Waals surface area (Å²) in [6, 6.07) is 0.483. The number of likely N-dealkylation sites (N-methyl/N-ethyl adjacent to an activating group) is 1. The van der Waals surface area contributed by atoms with E-state index in [1.807, 2.05) is 0 Å². The van der Waals surface area contributed by atoms with E-state index in [1.165, 1.54) is 0 Å². The number of hydrogen-bond acceptors (Lipinski definition) is 3. The molecule has 0 amide bonds. The Morgan fingerprint density at radius 3 is 2.31 bits per heavy atom. The van der Waals surface area contributed by atoms with Crippen LogP contribution in [0.15, 0.2) is 0 Å². The van der Waals surface area contributed by atoms with Crippen molar-refractivity contribution in [2.45, 2.75) is 58.3 Å². The van der Waals surface area contributed by atoms with Gasteiger partial charge in [0.1, 0.15) is 0 Å². The van der Waals surface area contributed by atoms with Crippen molar-refractivity contribution in [3.05, 3.63) is 0 Å². The van der Waals surface area contributed by atoms with Crippen LogP contribution in [-0.2, 0) is 4.74 Å². The Morgan fingerprint density at radius 2 is 1.94 bits per heavy atom. The average Bonchev–Trinajstić information content (AvgIpc) is 2.34. The van der Waals surface area contributed by atoms with Gasteiger partial charge in [0.2, 0.25) is 0 Å². The predicted molar refractivity (Wildman–Crippen MR) is 68.5 cm³/mol. The molecule has 2 atom stereocenters. The number of nitrogens with zero attached hydrogens (tertiary/aromatic N) is 1. The molecule has 0 saturated carbocycles. The van der Waals surface area contributed by atoms with Crippen LogP contribution in [0.4, 0.5) is 0 Å². The first-order chi connectivity index (χ1) is 7.18. The highest BCUT2D eigenvalue weighted by molar-refractivity contribution is 4.99. The third kappa shape index (κ3) is 3.19. The number of rotatable bonds is 4. The lowest BCUT2D eigenvalue weighted by Gasteiger charge is -2.35. The summed E-state index contributed by atoms with van der Waals surface area (Å²) in [5.41, 5.74) is 5.61. The van der Waals surface area contributed by atoms with Crippen molar-refractivity contribution in [1.82, 2.24) is 4.90 Å². The summed E-state index contributed by atoms with van der Waals surface area (Å²) in [4.78, 5) is 2.41. The summed E-state index contributed by atoms with van der Waals surface area (Å²) in [6.45, 7) is 12.7. The van der Waals surface area contributed by atoms with Crippen molar-refractivity contribution in [2.75, 3.05) is 20.1 Å². The van der Waals surface area contributed by atoms with E-state index in [-0.39, 0.29) is 11.2 Å². The molecule has 96 valence electrons. The molecule has 0 aromatic rings. The third-order valence-electron chi connectivity index (χ3n) is 3.56. The summed E-state index contributed by atoms with van der Waals surface area (Å²) >= 11 is 0. The van der Waals surface area contributed by atoms with Crippen LogP contribution in [0.1, 0.15) is 41.0 Å². The second kappa shape index (κ2) is 4.63. The zero-order valence-electron chi connectivity index (χ0n) is 11.7. The van der Waals surface area contributed by atoms with Crippen molar-refractivity contribution in [3.8, 4) is 0 Å². The van der Waals surface area contributed by atoms with Crippen LogP contribution in [0.2, 0.25) is 0 Å². The Labute approximate surface area is 100 Å². The highest BCUT2D eigenvalue weighted by atomic mass is 16.5. The van der Waals surface area contributed by atoms with Gasteiger partial charge in [0.25, 0.3) is 0 Å². The van der Waals surface area contributed by atoms with Gasteiger partial charge in [-0.1, -0.05) is 6.92 Å². The second-order valence-corrected chi connectivity index (χ2v) is 6.47. The van der Waals surface area contributed by atoms with E-state index in [0.29, 0.717) is 12.0 Å². The molecule has 1 aliphatic rings. The smallest absolute Gasteiger partial charge is 0.0789 e. The minimum Gasteiger partial charge on any atom is -0.368 e. The van der Waals surface area contributed by atoms with Gasteiger partial charge < -0.3 is 15.4 Å². The Bertz CT molecular complexity index is 238. The van der Waals surface area contributed by atoms with Crippen molar-refractivity contribution >= 4 is 0 Å². The van der Waals surface area contributed by atoms with Crippen LogP contribution in [0, 0.1) is 5.92 Å². The first-order valence-electron chi connectivity index (χ1n) is 6.28. The van der Waals surface area contributed by atoms with Gasteiger partial charge in [0.15, 0.2) is 0 Å². The Balaban J connectivity index is 2.65. The standard InChI is InChI=1S/C13H28N2O/c1-10(8-14)9-15(6)11-7-12(2,3)16-13(11,4)5/h10-11H,7-9,14H2,1-6H3. The number of hydrogen-bond donors (Lipinski definition) is 1. The molecule has 0 aromatic heterocycles. The van der Waals surface area contributed by atoms with E-state index in [1.54, 1.807) is 0 Å². The first-order valence-corrected chi connectivity index (χ1v) is 6.28. The lowest BCUT2D eigenvalue weighted by Crippen LogP contribution is -2.46. The Kier molecular flexibility index (Phi) is 4.04. The van der Waals surface area contributed by atoms with Crippen LogP contribution in [-0.4, -0.2) is 42.3 Å². The van der Waals surface area contributed by atoms with Gasteiger partial charge in [-0.2, -0.15) is 0 Å². The van der Waals surface area contributed by atoms with Crippen LogP contribution in [0.5, 0.6) is 0 Å². The summed E-state index contributed by atoms with van der Waals surface area (Å²) < 4.78 is 6.11. The van der Waals surface area contributed by atoms with Gasteiger partial charge in [0.05, 0.1) is 11.2 Å². The molecule has 3 heteroatoms. The van der Waals surface area contributed by atoms with E-state index < -0.39 is 0 Å². The molecule has 1 aliphatic heterocycles. The maximum atomic E-state index is 6.11. The molecule has 0 aliphatic carbocycles. The Morgan fingerprint density at radius 1 is 1.38 bits per heavy atom. The summed E-state index contributed by atoms with van der Waals surface area (Å²) in [6.07, 6.45) is 1.09. The minimum atomic E-state index is -0.0629. The minimum absolute atomic E-state index is 0.00558. The highest BCUT2D eigenvalue weighted by Crippen LogP contribution is 2.39. The SMILES string of the molecule is CC(CN)CN(C)C1CC(C)(C)OC1(C)C. The molecule has 16 heavy (non-hydrogen) atoms. The average molecular weight is 228 g/mol. The highest BCUT2D eigenvalue weighted by Gasteiger charge is 2.47. The van der Waals surface area contributed by atoms with Gasteiger partial charge >= 0.3 is 0 Å². The van der Waals surface area contributed by atoms with Gasteiger partial charge in [0, 0.05) is 12.6 Å². The lowest BCUT2D eigenvalue weighted by molar-refractivity contribution is -0.0792. The van der Waals surface area contributed by atoms with E-state index in [4.69, 9.17) is 10.5 Å². The summed E-state index contributed by atoms with van der Waals surface area (Å²) in [7, 11) is 2.18. The van der Waals surface area contributed by atoms with Crippen LogP contribution in [0.25, 0.3) is 0 Å². The molecule has 0 radical (unpaired) electrons. The molecule has 2 N–H and O–H groups in total. The summed E-state index contributed by atoms with van der Waals surface area (Å²) in [5.74, 6) is 0.546. The molecule has 1 fully saturated rings. The zero-order valence-corrected chi connectivity index (χ0v) is 11.7. The maximum Gasteiger partial charge on any atom is 0.0789 e. The fourth-order valence-corrected chi connectivity index (χ4v) is 2.91. The van der Waals surface area contributed by atoms with Crippen LogP contribution >= 0.6 is 0 Å². The molecular weight excluding hydrogens is 200 g/mol. The largest absolute Gasteiger partial charge is 0.368 e. The molecule has 3 nitrogen and oxygen atoms in total. The maximum absolute atomic E-state index is 6.11. The quantitative estimate of drug-likeness (QED) is 0.798. The van der Waals surface area contributed by atoms with Gasteiger partial charge in [-0.25, -0.2) is 0 Å². The molecule has 1 saturated heterocycles. The van der Waals surface area contributed by atoms with E-state index in [9.17, 15) is 0 Å². The Hall–Kier alpha value is -0.120. The fourth-order valence-electron chi connectivity index (χ4n) is 2.91. The topological polar surface area (TPSA) is 38.5 Å². The van der Waals surface area contributed by atoms with Crippen molar-refractivity contribution in [3.63, 3.8) is 0 Å². The van der Waals surface area contributed by atoms with Gasteiger partial charge in [-0.15, -0.1) is 0 Å². The van der Waals surface area contributed by atoms with Crippen molar-refractivity contribution < 1.29 is 4.74 Å². The lowest BCUT2D eigenvalue weighted by atomic mass is 9.92. The first kappa shape index (κ1) is 13.9. The van der Waals surface area contributed by atoms with Gasteiger partial charge in [-0.3, -0.25) is 0 Å². The molecule has 2 unspecified atom stereocenters. The van der Waals surface area contributed by atoms with Crippen LogP contribution < -0.4 is 5.73 Å².